The molecule has 2 rings (SSSR count). The summed E-state index contributed by atoms with van der Waals surface area (Å²) >= 11 is 5.77. The second-order valence-electron chi connectivity index (χ2n) is 4.54. The van der Waals surface area contributed by atoms with Crippen LogP contribution in [0.5, 0.6) is 0 Å². The highest BCUT2D eigenvalue weighted by molar-refractivity contribution is 6.30. The monoisotopic (exact) mass is 303 g/mol. The fourth-order valence-electron chi connectivity index (χ4n) is 1.75. The number of carbonyl (C=O) groups excluding carboxylic acids is 2. The molecule has 5 heteroatoms. The first-order chi connectivity index (χ1) is 9.97. The summed E-state index contributed by atoms with van der Waals surface area (Å²) in [6.45, 7) is 1.53. The second kappa shape index (κ2) is 6.41. The van der Waals surface area contributed by atoms with E-state index in [9.17, 15) is 9.59 Å². The minimum Gasteiger partial charge on any atom is -0.451 e. The maximum Gasteiger partial charge on any atom is 0.338 e. The van der Waals surface area contributed by atoms with Crippen molar-refractivity contribution in [1.29, 1.82) is 0 Å². The lowest BCUT2D eigenvalue weighted by molar-refractivity contribution is 0.0319. The molecular weight excluding hydrogens is 290 g/mol. The Balaban J connectivity index is 2.05. The number of anilines is 1. The number of nitrogen functional groups attached to an aromatic ring is 1. The van der Waals surface area contributed by atoms with Crippen LogP contribution < -0.4 is 5.73 Å². The molecule has 1 atom stereocenters. The molecular formula is C16H14ClNO3. The Kier molecular flexibility index (Phi) is 4.60. The zero-order chi connectivity index (χ0) is 15.4. The molecule has 1 unspecified atom stereocenters. The largest absolute Gasteiger partial charge is 0.451 e. The van der Waals surface area contributed by atoms with E-state index in [0.717, 1.165) is 0 Å². The van der Waals surface area contributed by atoms with Gasteiger partial charge in [0.2, 0.25) is 5.78 Å². The Bertz CT molecular complexity index is 650. The predicted molar refractivity (Wildman–Crippen MR) is 81.5 cm³/mol. The van der Waals surface area contributed by atoms with Crippen LogP contribution in [0, 0.1) is 0 Å². The molecule has 4 nitrogen and oxygen atoms in total. The van der Waals surface area contributed by atoms with Crippen LogP contribution in [0.25, 0.3) is 0 Å². The molecule has 0 radical (unpaired) electrons. The van der Waals surface area contributed by atoms with Crippen LogP contribution >= 0.6 is 11.6 Å². The molecule has 0 aliphatic rings. The van der Waals surface area contributed by atoms with Crippen LogP contribution in [0.2, 0.25) is 5.02 Å². The number of Topliss-reactive ketones (excluding diaryl/α,β-unsaturated/α-hetero) is 1. The fraction of sp³-hybridized carbons (Fsp3) is 0.125. The Hall–Kier alpha value is -2.33. The van der Waals surface area contributed by atoms with Crippen molar-refractivity contribution in [3.63, 3.8) is 0 Å². The highest BCUT2D eigenvalue weighted by Crippen LogP contribution is 2.14. The molecule has 0 aliphatic carbocycles. The molecule has 0 fully saturated rings. The van der Waals surface area contributed by atoms with Crippen molar-refractivity contribution < 1.29 is 14.3 Å². The summed E-state index contributed by atoms with van der Waals surface area (Å²) in [6, 6.07) is 12.7. The Morgan fingerprint density at radius 1 is 1.00 bits per heavy atom. The lowest BCUT2D eigenvalue weighted by Crippen LogP contribution is -2.24. The minimum absolute atomic E-state index is 0.282. The van der Waals surface area contributed by atoms with Crippen LogP contribution in [-0.2, 0) is 4.74 Å². The molecule has 0 heterocycles. The second-order valence-corrected chi connectivity index (χ2v) is 4.98. The smallest absolute Gasteiger partial charge is 0.338 e. The predicted octanol–water partition coefficient (Wildman–Crippen LogP) is 3.35. The highest BCUT2D eigenvalue weighted by atomic mass is 35.5. The number of rotatable bonds is 4. The van der Waals surface area contributed by atoms with E-state index in [1.165, 1.54) is 6.92 Å². The van der Waals surface area contributed by atoms with E-state index in [1.54, 1.807) is 48.5 Å². The number of carbonyl (C=O) groups is 2. The van der Waals surface area contributed by atoms with Gasteiger partial charge in [-0.25, -0.2) is 4.79 Å². The summed E-state index contributed by atoms with van der Waals surface area (Å²) in [7, 11) is 0. The maximum atomic E-state index is 12.1. The van der Waals surface area contributed by atoms with E-state index in [4.69, 9.17) is 22.1 Å². The van der Waals surface area contributed by atoms with E-state index in [0.29, 0.717) is 21.8 Å². The average Bonchev–Trinajstić information content (AvgIpc) is 2.47. The van der Waals surface area contributed by atoms with Gasteiger partial charge in [-0.15, -0.1) is 0 Å². The first-order valence-electron chi connectivity index (χ1n) is 6.33. The number of hydrogen-bond acceptors (Lipinski definition) is 4. The van der Waals surface area contributed by atoms with Crippen LogP contribution in [0.3, 0.4) is 0 Å². The Morgan fingerprint density at radius 3 is 2.10 bits per heavy atom. The van der Waals surface area contributed by atoms with E-state index in [-0.39, 0.29) is 5.78 Å². The molecule has 0 aliphatic heterocycles. The molecule has 0 bridgehead atoms. The molecule has 108 valence electrons. The van der Waals surface area contributed by atoms with Gasteiger partial charge in [0.05, 0.1) is 5.56 Å². The number of halogens is 1. The van der Waals surface area contributed by atoms with Crippen molar-refractivity contribution in [1.82, 2.24) is 0 Å². The SMILES string of the molecule is CC(OC(=O)c1ccc(N)cc1)C(=O)c1ccc(Cl)cc1. The number of esters is 1. The van der Waals surface area contributed by atoms with E-state index in [2.05, 4.69) is 0 Å². The first kappa shape index (κ1) is 15.1. The van der Waals surface area contributed by atoms with Crippen LogP contribution in [0.4, 0.5) is 5.69 Å². The molecule has 0 saturated carbocycles. The molecule has 0 aromatic heterocycles. The number of nitrogens with two attached hydrogens (primary N) is 1. The van der Waals surface area contributed by atoms with Gasteiger partial charge in [0, 0.05) is 16.3 Å². The van der Waals surface area contributed by atoms with Crippen molar-refractivity contribution in [2.75, 3.05) is 5.73 Å². The minimum atomic E-state index is -0.878. The van der Waals surface area contributed by atoms with Gasteiger partial charge in [-0.05, 0) is 55.5 Å². The van der Waals surface area contributed by atoms with Gasteiger partial charge in [-0.1, -0.05) is 11.6 Å². The first-order valence-corrected chi connectivity index (χ1v) is 6.71. The standard InChI is InChI=1S/C16H14ClNO3/c1-10(15(19)11-2-6-13(17)7-3-11)21-16(20)12-4-8-14(18)9-5-12/h2-10H,18H2,1H3. The van der Waals surface area contributed by atoms with E-state index >= 15 is 0 Å². The van der Waals surface area contributed by atoms with Crippen molar-refractivity contribution >= 4 is 29.0 Å². The number of ether oxygens (including phenoxy) is 1. The summed E-state index contributed by atoms with van der Waals surface area (Å²) in [4.78, 5) is 24.1. The molecule has 0 amide bonds. The molecule has 2 aromatic carbocycles. The van der Waals surface area contributed by atoms with Gasteiger partial charge < -0.3 is 10.5 Å². The third-order valence-electron chi connectivity index (χ3n) is 2.93. The molecule has 2 aromatic rings. The highest BCUT2D eigenvalue weighted by Gasteiger charge is 2.20. The maximum absolute atomic E-state index is 12.1. The summed E-state index contributed by atoms with van der Waals surface area (Å²) < 4.78 is 5.16. The summed E-state index contributed by atoms with van der Waals surface area (Å²) in [5.74, 6) is -0.847. The van der Waals surface area contributed by atoms with Gasteiger partial charge in [-0.2, -0.15) is 0 Å². The fourth-order valence-corrected chi connectivity index (χ4v) is 1.88. The molecule has 0 saturated heterocycles. The van der Waals surface area contributed by atoms with Gasteiger partial charge in [-0.3, -0.25) is 4.79 Å². The number of hydrogen-bond donors (Lipinski definition) is 1. The van der Waals surface area contributed by atoms with Crippen molar-refractivity contribution in [2.24, 2.45) is 0 Å². The van der Waals surface area contributed by atoms with E-state index in [1.807, 2.05) is 0 Å². The summed E-state index contributed by atoms with van der Waals surface area (Å²) in [5, 5.41) is 0.540. The normalized spacial score (nSPS) is 11.7. The van der Waals surface area contributed by atoms with Gasteiger partial charge in [0.25, 0.3) is 0 Å². The quantitative estimate of drug-likeness (QED) is 0.534. The lowest BCUT2D eigenvalue weighted by atomic mass is 10.1. The Morgan fingerprint density at radius 2 is 1.52 bits per heavy atom. The van der Waals surface area contributed by atoms with Crippen LogP contribution in [-0.4, -0.2) is 17.9 Å². The zero-order valence-corrected chi connectivity index (χ0v) is 12.1. The van der Waals surface area contributed by atoms with Crippen LogP contribution in [0.1, 0.15) is 27.6 Å². The average molecular weight is 304 g/mol. The third-order valence-corrected chi connectivity index (χ3v) is 3.18. The molecule has 2 N–H and O–H groups in total. The van der Waals surface area contributed by atoms with Crippen LogP contribution in [0.15, 0.2) is 48.5 Å². The third kappa shape index (κ3) is 3.83. The lowest BCUT2D eigenvalue weighted by Gasteiger charge is -2.12. The molecule has 21 heavy (non-hydrogen) atoms. The van der Waals surface area contributed by atoms with E-state index < -0.39 is 12.1 Å². The van der Waals surface area contributed by atoms with Crippen molar-refractivity contribution in [3.8, 4) is 0 Å². The van der Waals surface area contributed by atoms with Gasteiger partial charge in [0.15, 0.2) is 6.10 Å². The van der Waals surface area contributed by atoms with Crippen molar-refractivity contribution in [3.05, 3.63) is 64.7 Å². The topological polar surface area (TPSA) is 69.4 Å². The van der Waals surface area contributed by atoms with Gasteiger partial charge in [0.1, 0.15) is 0 Å². The Labute approximate surface area is 127 Å². The molecule has 0 spiro atoms. The number of benzene rings is 2. The summed E-state index contributed by atoms with van der Waals surface area (Å²) in [6.07, 6.45) is -0.878. The number of ketones is 1. The zero-order valence-electron chi connectivity index (χ0n) is 11.4. The van der Waals surface area contributed by atoms with Gasteiger partial charge >= 0.3 is 5.97 Å². The summed E-state index contributed by atoms with van der Waals surface area (Å²) in [5.41, 5.74) is 6.89. The van der Waals surface area contributed by atoms with Crippen molar-refractivity contribution in [2.45, 2.75) is 13.0 Å².